The van der Waals surface area contributed by atoms with E-state index in [2.05, 4.69) is 83.2 Å². The number of imidazole rings is 1. The number of hydrogen-bond acceptors (Lipinski definition) is 3. The highest BCUT2D eigenvalue weighted by Gasteiger charge is 2.32. The van der Waals surface area contributed by atoms with Gasteiger partial charge in [0.2, 0.25) is 0 Å². The van der Waals surface area contributed by atoms with Crippen molar-refractivity contribution >= 4 is 50.3 Å². The molecule has 6 heteroatoms. The largest absolute Gasteiger partial charge is 0.340 e. The molecule has 1 atom stereocenters. The Morgan fingerprint density at radius 1 is 1.05 bits per heavy atom. The van der Waals surface area contributed by atoms with Crippen molar-refractivity contribution in [2.75, 3.05) is 0 Å². The summed E-state index contributed by atoms with van der Waals surface area (Å²) in [4.78, 5) is 27.4. The van der Waals surface area contributed by atoms with Gasteiger partial charge in [-0.3, -0.25) is 9.20 Å². The first-order chi connectivity index (χ1) is 21.5. The number of amides is 1. The van der Waals surface area contributed by atoms with Gasteiger partial charge < -0.3 is 10.3 Å². The van der Waals surface area contributed by atoms with Crippen LogP contribution in [-0.2, 0) is 5.54 Å². The molecule has 1 amide bonds. The molecule has 1 aliphatic rings. The third-order valence-corrected chi connectivity index (χ3v) is 9.60. The fraction of sp³-hybridized carbons (Fsp3) is 0.342. The van der Waals surface area contributed by atoms with Crippen LogP contribution in [0.3, 0.4) is 0 Å². The number of H-pyrrole nitrogens is 1. The molecule has 0 bridgehead atoms. The zero-order valence-electron chi connectivity index (χ0n) is 26.0. The van der Waals surface area contributed by atoms with Crippen molar-refractivity contribution in [1.82, 2.24) is 24.7 Å². The molecule has 224 valence electrons. The smallest absolute Gasteiger partial charge is 0.252 e. The number of carbonyl (C=O) groups is 1. The minimum atomic E-state index is -0.645. The number of benzene rings is 3. The zero-order chi connectivity index (χ0) is 30.3. The lowest BCUT2D eigenvalue weighted by Crippen LogP contribution is -2.44. The second-order valence-corrected chi connectivity index (χ2v) is 12.7. The minimum Gasteiger partial charge on any atom is -0.340 e. The van der Waals surface area contributed by atoms with Gasteiger partial charge in [0.25, 0.3) is 5.91 Å². The van der Waals surface area contributed by atoms with Gasteiger partial charge in [-0.25, -0.2) is 9.97 Å². The fourth-order valence-corrected chi connectivity index (χ4v) is 7.26. The number of carbonyl (C=O) groups excluding carboxylic acids is 1. The number of aromatic nitrogens is 4. The van der Waals surface area contributed by atoms with E-state index in [4.69, 9.17) is 9.97 Å². The highest BCUT2D eigenvalue weighted by molar-refractivity contribution is 6.07. The van der Waals surface area contributed by atoms with Crippen LogP contribution in [-0.4, -0.2) is 25.3 Å². The average molecular weight is 584 g/mol. The molecule has 6 nitrogen and oxygen atoms in total. The van der Waals surface area contributed by atoms with Crippen LogP contribution in [0.15, 0.2) is 73.1 Å². The summed E-state index contributed by atoms with van der Waals surface area (Å²) in [7, 11) is 0. The van der Waals surface area contributed by atoms with Gasteiger partial charge in [0.1, 0.15) is 12.2 Å². The van der Waals surface area contributed by atoms with E-state index in [1.54, 1.807) is 0 Å². The first kappa shape index (κ1) is 28.3. The van der Waals surface area contributed by atoms with Crippen molar-refractivity contribution < 1.29 is 4.79 Å². The fourth-order valence-electron chi connectivity index (χ4n) is 7.26. The van der Waals surface area contributed by atoms with E-state index in [1.165, 1.54) is 54.0 Å². The van der Waals surface area contributed by atoms with Gasteiger partial charge in [0.15, 0.2) is 0 Å². The molecule has 1 fully saturated rings. The van der Waals surface area contributed by atoms with Crippen molar-refractivity contribution in [3.05, 3.63) is 95.6 Å². The molecule has 1 aliphatic carbocycles. The molecule has 3 aromatic carbocycles. The van der Waals surface area contributed by atoms with Crippen molar-refractivity contribution in [3.8, 4) is 0 Å². The molecular weight excluding hydrogens is 542 g/mol. The van der Waals surface area contributed by atoms with E-state index in [0.29, 0.717) is 11.5 Å². The second-order valence-electron chi connectivity index (χ2n) is 12.7. The summed E-state index contributed by atoms with van der Waals surface area (Å²) in [5.41, 5.74) is 7.71. The van der Waals surface area contributed by atoms with Gasteiger partial charge >= 0.3 is 0 Å². The molecule has 7 rings (SSSR count). The van der Waals surface area contributed by atoms with Crippen LogP contribution < -0.4 is 5.32 Å². The lowest BCUT2D eigenvalue weighted by atomic mass is 9.82. The van der Waals surface area contributed by atoms with E-state index < -0.39 is 5.54 Å². The second kappa shape index (κ2) is 11.6. The van der Waals surface area contributed by atoms with Crippen LogP contribution in [0.25, 0.3) is 44.4 Å². The summed E-state index contributed by atoms with van der Waals surface area (Å²) < 4.78 is 2.22. The highest BCUT2D eigenvalue weighted by Crippen LogP contribution is 2.42. The van der Waals surface area contributed by atoms with Crippen molar-refractivity contribution in [2.45, 2.75) is 83.6 Å². The predicted octanol–water partition coefficient (Wildman–Crippen LogP) is 9.43. The Balaban J connectivity index is 1.30. The molecule has 2 N–H and O–H groups in total. The van der Waals surface area contributed by atoms with E-state index in [-0.39, 0.29) is 5.91 Å². The monoisotopic (exact) mass is 583 g/mol. The van der Waals surface area contributed by atoms with Crippen LogP contribution in [0.1, 0.15) is 105 Å². The van der Waals surface area contributed by atoms with Gasteiger partial charge in [-0.15, -0.1) is 0 Å². The third-order valence-electron chi connectivity index (χ3n) is 9.60. The van der Waals surface area contributed by atoms with Crippen molar-refractivity contribution in [3.63, 3.8) is 0 Å². The number of unbranched alkanes of at least 4 members (excludes halogenated alkanes) is 1. The topological polar surface area (TPSA) is 75.1 Å². The van der Waals surface area contributed by atoms with E-state index in [9.17, 15) is 4.79 Å². The standard InChI is InChI=1S/C38H41N5O/c1-4-6-21-38(3,37-40-31-20-17-25(12-5-2)22-32(31)41-37)42-36(44)27-18-19-29-33(23-27)43-24-39-30-16-11-10-15-28(30)35(43)34(29)26-13-8-7-9-14-26/h5,10-12,15-20,22-24,26H,4,6-9,13-14,21H2,1-3H3,(H,40,41)(H,42,44)/b12-5+. The maximum absolute atomic E-state index is 14.1. The van der Waals surface area contributed by atoms with Crippen LogP contribution in [0, 0.1) is 0 Å². The molecule has 0 saturated heterocycles. The number of nitrogens with one attached hydrogen (secondary N) is 2. The van der Waals surface area contributed by atoms with Crippen molar-refractivity contribution in [2.24, 2.45) is 0 Å². The Kier molecular flexibility index (Phi) is 7.45. The first-order valence-electron chi connectivity index (χ1n) is 16.3. The molecule has 3 heterocycles. The summed E-state index contributed by atoms with van der Waals surface area (Å²) >= 11 is 0. The van der Waals surface area contributed by atoms with E-state index in [0.717, 1.165) is 52.7 Å². The summed E-state index contributed by atoms with van der Waals surface area (Å²) in [6, 6.07) is 20.9. The Bertz CT molecular complexity index is 2030. The predicted molar refractivity (Wildman–Crippen MR) is 181 cm³/mol. The molecule has 0 radical (unpaired) electrons. The molecule has 1 unspecified atom stereocenters. The van der Waals surface area contributed by atoms with E-state index in [1.807, 2.05) is 31.5 Å². The molecule has 0 spiro atoms. The number of fused-ring (bicyclic) bond motifs is 6. The van der Waals surface area contributed by atoms with Gasteiger partial charge in [-0.1, -0.05) is 81.5 Å². The molecule has 6 aromatic rings. The average Bonchev–Trinajstić information content (AvgIpc) is 3.64. The number of nitrogens with zero attached hydrogens (tertiary/aromatic N) is 3. The number of hydrogen-bond donors (Lipinski definition) is 2. The van der Waals surface area contributed by atoms with Crippen LogP contribution in [0.4, 0.5) is 0 Å². The van der Waals surface area contributed by atoms with Gasteiger partial charge in [0.05, 0.1) is 33.1 Å². The maximum atomic E-state index is 14.1. The van der Waals surface area contributed by atoms with Crippen LogP contribution in [0.5, 0.6) is 0 Å². The maximum Gasteiger partial charge on any atom is 0.252 e. The SMILES string of the molecule is C/C=C/c1ccc2nc(C(C)(CCCC)NC(=O)c3ccc4c(C5CCCCC5)c5c6ccccc6ncn5c4c3)[nH]c2c1. The quantitative estimate of drug-likeness (QED) is 0.187. The van der Waals surface area contributed by atoms with E-state index >= 15 is 0 Å². The lowest BCUT2D eigenvalue weighted by Gasteiger charge is -2.29. The summed E-state index contributed by atoms with van der Waals surface area (Å²) in [6.07, 6.45) is 15.1. The normalized spacial score (nSPS) is 16.0. The van der Waals surface area contributed by atoms with Gasteiger partial charge in [-0.2, -0.15) is 0 Å². The highest BCUT2D eigenvalue weighted by atomic mass is 16.1. The lowest BCUT2D eigenvalue weighted by molar-refractivity contribution is 0.0894. The van der Waals surface area contributed by atoms with Gasteiger partial charge in [-0.05, 0) is 80.5 Å². The van der Waals surface area contributed by atoms with Gasteiger partial charge in [0, 0.05) is 16.3 Å². The Morgan fingerprint density at radius 3 is 2.70 bits per heavy atom. The van der Waals surface area contributed by atoms with Crippen molar-refractivity contribution in [1.29, 1.82) is 0 Å². The Labute approximate surface area is 258 Å². The number of para-hydroxylation sites is 1. The number of allylic oxidation sites excluding steroid dienone is 1. The Hall–Kier alpha value is -4.45. The molecule has 44 heavy (non-hydrogen) atoms. The van der Waals surface area contributed by atoms with Crippen LogP contribution >= 0.6 is 0 Å². The summed E-state index contributed by atoms with van der Waals surface area (Å²) in [5, 5.41) is 5.81. The molecule has 3 aromatic heterocycles. The molecule has 1 saturated carbocycles. The summed E-state index contributed by atoms with van der Waals surface area (Å²) in [5.74, 6) is 1.21. The number of aromatic amines is 1. The zero-order valence-corrected chi connectivity index (χ0v) is 26.0. The van der Waals surface area contributed by atoms with Crippen LogP contribution in [0.2, 0.25) is 0 Å². The summed E-state index contributed by atoms with van der Waals surface area (Å²) in [6.45, 7) is 6.29. The first-order valence-corrected chi connectivity index (χ1v) is 16.3. The molecule has 0 aliphatic heterocycles. The number of rotatable bonds is 8. The Morgan fingerprint density at radius 2 is 1.89 bits per heavy atom. The minimum absolute atomic E-state index is 0.0940. The molecular formula is C38H41N5O. The third kappa shape index (κ3) is 4.96.